The first kappa shape index (κ1) is 17.3. The molecule has 1 fully saturated rings. The predicted molar refractivity (Wildman–Crippen MR) is 98.1 cm³/mol. The van der Waals surface area contributed by atoms with Gasteiger partial charge in [0.2, 0.25) is 0 Å². The maximum absolute atomic E-state index is 12.6. The minimum Gasteiger partial charge on any atom is -0.455 e. The molecule has 0 spiro atoms. The third kappa shape index (κ3) is 4.51. The number of ether oxygens (including phenoxy) is 1. The van der Waals surface area contributed by atoms with E-state index in [-0.39, 0.29) is 18.6 Å². The van der Waals surface area contributed by atoms with Crippen LogP contribution in [0.5, 0.6) is 11.5 Å². The van der Waals surface area contributed by atoms with E-state index in [2.05, 4.69) is 5.32 Å². The number of amides is 2. The summed E-state index contributed by atoms with van der Waals surface area (Å²) in [7, 11) is 0. The molecule has 2 amide bonds. The number of para-hydroxylation sites is 2. The summed E-state index contributed by atoms with van der Waals surface area (Å²) in [5, 5.41) is 12.3. The number of hydrogen-bond acceptors (Lipinski definition) is 3. The number of nitrogens with zero attached hydrogens (tertiary/aromatic N) is 1. The Morgan fingerprint density at radius 3 is 2.92 bits per heavy atom. The van der Waals surface area contributed by atoms with Crippen molar-refractivity contribution < 1.29 is 14.6 Å². The van der Waals surface area contributed by atoms with Gasteiger partial charge < -0.3 is 20.1 Å². The lowest BCUT2D eigenvalue weighted by molar-refractivity contribution is 0.136. The van der Waals surface area contributed by atoms with Crippen LogP contribution in [0.15, 0.2) is 48.5 Å². The molecule has 0 radical (unpaired) electrons. The third-order valence-corrected chi connectivity index (χ3v) is 4.41. The van der Waals surface area contributed by atoms with E-state index in [9.17, 15) is 9.90 Å². The number of urea groups is 1. The molecule has 2 aromatic rings. The van der Waals surface area contributed by atoms with Crippen molar-refractivity contribution in [3.05, 3.63) is 54.1 Å². The third-order valence-electron chi connectivity index (χ3n) is 4.41. The first-order valence-electron chi connectivity index (χ1n) is 8.66. The first-order chi connectivity index (χ1) is 12.2. The monoisotopic (exact) mass is 340 g/mol. The molecule has 1 unspecified atom stereocenters. The number of carbonyl (C=O) groups is 1. The molecule has 5 nitrogen and oxygen atoms in total. The van der Waals surface area contributed by atoms with Crippen LogP contribution in [-0.4, -0.2) is 35.7 Å². The highest BCUT2D eigenvalue weighted by molar-refractivity contribution is 5.91. The Bertz CT molecular complexity index is 732. The number of aliphatic hydroxyl groups excluding tert-OH is 1. The molecule has 0 aromatic heterocycles. The van der Waals surface area contributed by atoms with Crippen LogP contribution in [0.2, 0.25) is 0 Å². The summed E-state index contributed by atoms with van der Waals surface area (Å²) in [4.78, 5) is 14.3. The Kier molecular flexibility index (Phi) is 5.56. The maximum Gasteiger partial charge on any atom is 0.321 e. The van der Waals surface area contributed by atoms with Gasteiger partial charge in [-0.25, -0.2) is 4.79 Å². The highest BCUT2D eigenvalue weighted by Crippen LogP contribution is 2.30. The number of piperidine rings is 1. The number of rotatable bonds is 4. The lowest BCUT2D eigenvalue weighted by Gasteiger charge is -2.32. The van der Waals surface area contributed by atoms with Crippen LogP contribution in [0, 0.1) is 12.8 Å². The SMILES string of the molecule is Cc1cccc(Oc2ccccc2NC(=O)N2CCCC(CO)C2)c1. The zero-order valence-electron chi connectivity index (χ0n) is 14.4. The van der Waals surface area contributed by atoms with E-state index in [1.165, 1.54) is 0 Å². The zero-order chi connectivity index (χ0) is 17.6. The molecule has 3 rings (SSSR count). The van der Waals surface area contributed by atoms with Gasteiger partial charge in [-0.2, -0.15) is 0 Å². The molecule has 1 aliphatic rings. The summed E-state index contributed by atoms with van der Waals surface area (Å²) in [6, 6.07) is 15.1. The average Bonchev–Trinajstić information content (AvgIpc) is 2.63. The molecule has 5 heteroatoms. The molecule has 0 saturated carbocycles. The highest BCUT2D eigenvalue weighted by Gasteiger charge is 2.23. The Morgan fingerprint density at radius 2 is 2.12 bits per heavy atom. The van der Waals surface area contributed by atoms with Crippen LogP contribution in [0.4, 0.5) is 10.5 Å². The van der Waals surface area contributed by atoms with Crippen molar-refractivity contribution >= 4 is 11.7 Å². The Morgan fingerprint density at radius 1 is 1.28 bits per heavy atom. The minimum absolute atomic E-state index is 0.122. The number of carbonyl (C=O) groups excluding carboxylic acids is 1. The summed E-state index contributed by atoms with van der Waals surface area (Å²) in [5.41, 5.74) is 1.75. The number of benzene rings is 2. The number of aliphatic hydroxyl groups is 1. The van der Waals surface area contributed by atoms with Crippen LogP contribution in [-0.2, 0) is 0 Å². The van der Waals surface area contributed by atoms with Gasteiger partial charge in [-0.1, -0.05) is 24.3 Å². The standard InChI is InChI=1S/C20H24N2O3/c1-15-6-4-8-17(12-15)25-19-10-3-2-9-18(19)21-20(24)22-11-5-7-16(13-22)14-23/h2-4,6,8-10,12,16,23H,5,7,11,13-14H2,1H3,(H,21,24). The molecule has 0 aliphatic carbocycles. The van der Waals surface area contributed by atoms with E-state index >= 15 is 0 Å². The molecule has 2 aromatic carbocycles. The van der Waals surface area contributed by atoms with E-state index in [0.717, 1.165) is 24.2 Å². The quantitative estimate of drug-likeness (QED) is 0.883. The van der Waals surface area contributed by atoms with Crippen LogP contribution in [0.25, 0.3) is 0 Å². The fourth-order valence-electron chi connectivity index (χ4n) is 3.06. The summed E-state index contributed by atoms with van der Waals surface area (Å²) >= 11 is 0. The second-order valence-electron chi connectivity index (χ2n) is 6.48. The van der Waals surface area contributed by atoms with Crippen LogP contribution in [0.1, 0.15) is 18.4 Å². The van der Waals surface area contributed by atoms with Crippen molar-refractivity contribution in [2.45, 2.75) is 19.8 Å². The van der Waals surface area contributed by atoms with Crippen LogP contribution < -0.4 is 10.1 Å². The number of likely N-dealkylation sites (tertiary alicyclic amines) is 1. The summed E-state index contributed by atoms with van der Waals surface area (Å²) in [5.74, 6) is 1.51. The summed E-state index contributed by atoms with van der Waals surface area (Å²) in [6.45, 7) is 3.43. The number of anilines is 1. The highest BCUT2D eigenvalue weighted by atomic mass is 16.5. The largest absolute Gasteiger partial charge is 0.455 e. The van der Waals surface area contributed by atoms with E-state index in [1.807, 2.05) is 55.5 Å². The second-order valence-corrected chi connectivity index (χ2v) is 6.48. The van der Waals surface area contributed by atoms with E-state index < -0.39 is 0 Å². The van der Waals surface area contributed by atoms with Gasteiger partial charge in [-0.3, -0.25) is 0 Å². The smallest absolute Gasteiger partial charge is 0.321 e. The second kappa shape index (κ2) is 8.03. The number of aryl methyl sites for hydroxylation is 1. The minimum atomic E-state index is -0.154. The molecule has 1 aliphatic heterocycles. The Labute approximate surface area is 148 Å². The molecule has 1 heterocycles. The van der Waals surface area contributed by atoms with E-state index in [0.29, 0.717) is 24.5 Å². The van der Waals surface area contributed by atoms with Crippen molar-refractivity contribution in [2.24, 2.45) is 5.92 Å². The lowest BCUT2D eigenvalue weighted by atomic mass is 9.99. The van der Waals surface area contributed by atoms with Crippen molar-refractivity contribution in [3.63, 3.8) is 0 Å². The van der Waals surface area contributed by atoms with Crippen molar-refractivity contribution in [1.82, 2.24) is 4.90 Å². The van der Waals surface area contributed by atoms with Gasteiger partial charge in [0.25, 0.3) is 0 Å². The average molecular weight is 340 g/mol. The van der Waals surface area contributed by atoms with Gasteiger partial charge in [0.15, 0.2) is 5.75 Å². The molecule has 0 bridgehead atoms. The zero-order valence-corrected chi connectivity index (χ0v) is 14.4. The number of hydrogen-bond donors (Lipinski definition) is 2. The molecular weight excluding hydrogens is 316 g/mol. The van der Waals surface area contributed by atoms with Gasteiger partial charge in [-0.05, 0) is 55.5 Å². The van der Waals surface area contributed by atoms with Gasteiger partial charge in [0, 0.05) is 19.7 Å². The van der Waals surface area contributed by atoms with E-state index in [4.69, 9.17) is 4.74 Å². The summed E-state index contributed by atoms with van der Waals surface area (Å²) in [6.07, 6.45) is 1.88. The molecule has 25 heavy (non-hydrogen) atoms. The molecular formula is C20H24N2O3. The van der Waals surface area contributed by atoms with Crippen molar-refractivity contribution in [1.29, 1.82) is 0 Å². The van der Waals surface area contributed by atoms with Crippen molar-refractivity contribution in [2.75, 3.05) is 25.0 Å². The normalized spacial score (nSPS) is 17.2. The van der Waals surface area contributed by atoms with Crippen LogP contribution >= 0.6 is 0 Å². The Hall–Kier alpha value is -2.53. The molecule has 1 saturated heterocycles. The lowest BCUT2D eigenvalue weighted by Crippen LogP contribution is -2.43. The van der Waals surface area contributed by atoms with Gasteiger partial charge in [0.1, 0.15) is 5.75 Å². The van der Waals surface area contributed by atoms with Gasteiger partial charge in [0.05, 0.1) is 5.69 Å². The van der Waals surface area contributed by atoms with Gasteiger partial charge >= 0.3 is 6.03 Å². The number of nitrogens with one attached hydrogen (secondary N) is 1. The maximum atomic E-state index is 12.6. The topological polar surface area (TPSA) is 61.8 Å². The Balaban J connectivity index is 1.71. The fourth-order valence-corrected chi connectivity index (χ4v) is 3.06. The van der Waals surface area contributed by atoms with Crippen LogP contribution in [0.3, 0.4) is 0 Å². The van der Waals surface area contributed by atoms with Gasteiger partial charge in [-0.15, -0.1) is 0 Å². The molecule has 2 N–H and O–H groups in total. The first-order valence-corrected chi connectivity index (χ1v) is 8.66. The molecule has 132 valence electrons. The van der Waals surface area contributed by atoms with Crippen molar-refractivity contribution in [3.8, 4) is 11.5 Å². The molecule has 1 atom stereocenters. The van der Waals surface area contributed by atoms with E-state index in [1.54, 1.807) is 4.90 Å². The predicted octanol–water partition coefficient (Wildman–Crippen LogP) is 4.02. The summed E-state index contributed by atoms with van der Waals surface area (Å²) < 4.78 is 5.95. The fraction of sp³-hybridized carbons (Fsp3) is 0.350.